The molecule has 1 aliphatic rings. The summed E-state index contributed by atoms with van der Waals surface area (Å²) in [6.45, 7) is 1.35. The van der Waals surface area contributed by atoms with E-state index in [2.05, 4.69) is 9.97 Å². The SMILES string of the molecule is O=c1[nH]cnc2cc(N3CCC[C@@H](OCCO)C3)c([N+](=O)[O-])cc12. The minimum absolute atomic E-state index is 0.0562. The molecule has 2 N–H and O–H groups in total. The number of piperidine rings is 1. The predicted molar refractivity (Wildman–Crippen MR) is 87.3 cm³/mol. The van der Waals surface area contributed by atoms with Gasteiger partial charge in [0.1, 0.15) is 5.69 Å². The first-order valence-electron chi connectivity index (χ1n) is 7.73. The van der Waals surface area contributed by atoms with Crippen molar-refractivity contribution in [1.82, 2.24) is 9.97 Å². The standard InChI is InChI=1S/C15H18N4O5/c20-4-5-24-10-2-1-3-18(8-10)13-7-12-11(6-14(13)19(22)23)15(21)17-9-16-12/h6-7,9-10,20H,1-5,8H2,(H,16,17,21)/t10-/m1/s1. The van der Waals surface area contributed by atoms with Crippen molar-refractivity contribution in [3.63, 3.8) is 0 Å². The Balaban J connectivity index is 1.99. The first-order chi connectivity index (χ1) is 11.6. The van der Waals surface area contributed by atoms with Crippen LogP contribution in [0.15, 0.2) is 23.3 Å². The van der Waals surface area contributed by atoms with Crippen molar-refractivity contribution in [3.05, 3.63) is 38.9 Å². The highest BCUT2D eigenvalue weighted by molar-refractivity contribution is 5.87. The van der Waals surface area contributed by atoms with E-state index in [0.717, 1.165) is 12.8 Å². The maximum Gasteiger partial charge on any atom is 0.293 e. The fourth-order valence-corrected chi connectivity index (χ4v) is 3.00. The van der Waals surface area contributed by atoms with E-state index in [-0.39, 0.29) is 30.4 Å². The van der Waals surface area contributed by atoms with Crippen molar-refractivity contribution >= 4 is 22.3 Å². The van der Waals surface area contributed by atoms with Gasteiger partial charge in [0.2, 0.25) is 0 Å². The van der Waals surface area contributed by atoms with Crippen molar-refractivity contribution in [2.24, 2.45) is 0 Å². The van der Waals surface area contributed by atoms with Crippen molar-refractivity contribution in [2.75, 3.05) is 31.2 Å². The lowest BCUT2D eigenvalue weighted by atomic mass is 10.1. The summed E-state index contributed by atoms with van der Waals surface area (Å²) < 4.78 is 5.56. The van der Waals surface area contributed by atoms with E-state index in [0.29, 0.717) is 24.3 Å². The Kier molecular flexibility index (Phi) is 4.72. The van der Waals surface area contributed by atoms with E-state index < -0.39 is 10.5 Å². The molecule has 9 heteroatoms. The van der Waals surface area contributed by atoms with E-state index in [1.54, 1.807) is 6.07 Å². The predicted octanol–water partition coefficient (Wildman–Crippen LogP) is 0.809. The van der Waals surface area contributed by atoms with Crippen LogP contribution in [0.3, 0.4) is 0 Å². The van der Waals surface area contributed by atoms with Gasteiger partial charge in [-0.1, -0.05) is 0 Å². The van der Waals surface area contributed by atoms with Crippen LogP contribution in [0.25, 0.3) is 10.9 Å². The van der Waals surface area contributed by atoms with Crippen molar-refractivity contribution in [2.45, 2.75) is 18.9 Å². The van der Waals surface area contributed by atoms with E-state index >= 15 is 0 Å². The minimum atomic E-state index is -0.487. The number of fused-ring (bicyclic) bond motifs is 1. The average molecular weight is 334 g/mol. The van der Waals surface area contributed by atoms with Crippen molar-refractivity contribution in [3.8, 4) is 0 Å². The molecule has 3 rings (SSSR count). The van der Waals surface area contributed by atoms with Gasteiger partial charge in [-0.15, -0.1) is 0 Å². The quantitative estimate of drug-likeness (QED) is 0.613. The van der Waals surface area contributed by atoms with E-state index in [9.17, 15) is 14.9 Å². The minimum Gasteiger partial charge on any atom is -0.394 e. The van der Waals surface area contributed by atoms with E-state index in [1.807, 2.05) is 4.90 Å². The van der Waals surface area contributed by atoms with Crippen LogP contribution in [0.4, 0.5) is 11.4 Å². The molecule has 24 heavy (non-hydrogen) atoms. The number of anilines is 1. The highest BCUT2D eigenvalue weighted by Crippen LogP contribution is 2.33. The Morgan fingerprint density at radius 3 is 3.08 bits per heavy atom. The van der Waals surface area contributed by atoms with Gasteiger partial charge in [-0.25, -0.2) is 4.98 Å². The van der Waals surface area contributed by atoms with Crippen LogP contribution < -0.4 is 10.5 Å². The third-order valence-corrected chi connectivity index (χ3v) is 4.10. The molecule has 0 bridgehead atoms. The number of nitro groups is 1. The zero-order chi connectivity index (χ0) is 17.1. The van der Waals surface area contributed by atoms with Crippen molar-refractivity contribution < 1.29 is 14.8 Å². The fraction of sp³-hybridized carbons (Fsp3) is 0.467. The molecule has 1 fully saturated rings. The number of nitro benzene ring substituents is 1. The van der Waals surface area contributed by atoms with Crippen LogP contribution in [-0.2, 0) is 4.74 Å². The largest absolute Gasteiger partial charge is 0.394 e. The average Bonchev–Trinajstić information content (AvgIpc) is 2.59. The van der Waals surface area contributed by atoms with Crippen LogP contribution in [0, 0.1) is 10.1 Å². The Labute approximate surface area is 137 Å². The lowest BCUT2D eigenvalue weighted by molar-refractivity contribution is -0.384. The number of benzene rings is 1. The molecule has 0 unspecified atom stereocenters. The van der Waals surface area contributed by atoms with E-state index in [1.165, 1.54) is 12.4 Å². The van der Waals surface area contributed by atoms with Gasteiger partial charge in [0.05, 0.1) is 41.5 Å². The number of ether oxygens (including phenoxy) is 1. The lowest BCUT2D eigenvalue weighted by Gasteiger charge is -2.33. The number of hydrogen-bond donors (Lipinski definition) is 2. The second kappa shape index (κ2) is 6.93. The van der Waals surface area contributed by atoms with Crippen LogP contribution in [0.5, 0.6) is 0 Å². The summed E-state index contributed by atoms with van der Waals surface area (Å²) in [4.78, 5) is 31.2. The zero-order valence-corrected chi connectivity index (χ0v) is 13.0. The molecule has 1 saturated heterocycles. The summed E-state index contributed by atoms with van der Waals surface area (Å²) in [5.41, 5.74) is 0.321. The monoisotopic (exact) mass is 334 g/mol. The number of aliphatic hydroxyl groups excluding tert-OH is 1. The summed E-state index contributed by atoms with van der Waals surface area (Å²) in [7, 11) is 0. The normalized spacial score (nSPS) is 18.0. The third-order valence-electron chi connectivity index (χ3n) is 4.10. The van der Waals surface area contributed by atoms with Gasteiger partial charge >= 0.3 is 0 Å². The number of H-pyrrole nitrogens is 1. The number of aliphatic hydroxyl groups is 1. The highest BCUT2D eigenvalue weighted by Gasteiger charge is 2.27. The highest BCUT2D eigenvalue weighted by atomic mass is 16.6. The Hall–Kier alpha value is -2.52. The first kappa shape index (κ1) is 16.3. The summed E-state index contributed by atoms with van der Waals surface area (Å²) in [6.07, 6.45) is 2.86. The molecule has 0 amide bonds. The van der Waals surface area contributed by atoms with Crippen LogP contribution in [-0.4, -0.2) is 52.4 Å². The maximum atomic E-state index is 11.8. The number of rotatable bonds is 5. The summed E-state index contributed by atoms with van der Waals surface area (Å²) in [5.74, 6) is 0. The van der Waals surface area contributed by atoms with Gasteiger partial charge in [-0.05, 0) is 18.9 Å². The molecule has 0 spiro atoms. The molecule has 1 atom stereocenters. The van der Waals surface area contributed by atoms with Crippen molar-refractivity contribution in [1.29, 1.82) is 0 Å². The molecule has 2 heterocycles. The first-order valence-corrected chi connectivity index (χ1v) is 7.73. The summed E-state index contributed by atoms with van der Waals surface area (Å²) >= 11 is 0. The molecular weight excluding hydrogens is 316 g/mol. The number of hydrogen-bond acceptors (Lipinski definition) is 7. The van der Waals surface area contributed by atoms with Gasteiger partial charge in [0.25, 0.3) is 11.2 Å². The molecule has 0 radical (unpaired) electrons. The molecular formula is C15H18N4O5. The molecule has 0 aliphatic carbocycles. The second-order valence-corrected chi connectivity index (χ2v) is 5.65. The number of aromatic nitrogens is 2. The van der Waals surface area contributed by atoms with Gasteiger partial charge in [0, 0.05) is 19.2 Å². The van der Waals surface area contributed by atoms with Crippen LogP contribution in [0.1, 0.15) is 12.8 Å². The van der Waals surface area contributed by atoms with Crippen LogP contribution >= 0.6 is 0 Å². The molecule has 1 aliphatic heterocycles. The molecule has 9 nitrogen and oxygen atoms in total. The zero-order valence-electron chi connectivity index (χ0n) is 13.0. The van der Waals surface area contributed by atoms with Gasteiger partial charge in [0.15, 0.2) is 0 Å². The van der Waals surface area contributed by atoms with Gasteiger partial charge in [-0.3, -0.25) is 14.9 Å². The lowest BCUT2D eigenvalue weighted by Crippen LogP contribution is -2.40. The van der Waals surface area contributed by atoms with Gasteiger partial charge in [-0.2, -0.15) is 0 Å². The maximum absolute atomic E-state index is 11.8. The molecule has 2 aromatic rings. The van der Waals surface area contributed by atoms with E-state index in [4.69, 9.17) is 9.84 Å². The second-order valence-electron chi connectivity index (χ2n) is 5.65. The number of aromatic amines is 1. The Bertz CT molecular complexity index is 806. The third kappa shape index (κ3) is 3.22. The molecule has 0 saturated carbocycles. The molecule has 1 aromatic carbocycles. The Morgan fingerprint density at radius 1 is 1.50 bits per heavy atom. The van der Waals surface area contributed by atoms with Crippen LogP contribution in [0.2, 0.25) is 0 Å². The Morgan fingerprint density at radius 2 is 2.33 bits per heavy atom. The molecule has 1 aromatic heterocycles. The van der Waals surface area contributed by atoms with Gasteiger partial charge < -0.3 is 19.7 Å². The summed E-state index contributed by atoms with van der Waals surface area (Å²) in [5, 5.41) is 20.5. The molecule has 128 valence electrons. The smallest absolute Gasteiger partial charge is 0.293 e. The fourth-order valence-electron chi connectivity index (χ4n) is 3.00. The summed E-state index contributed by atoms with van der Waals surface area (Å²) in [6, 6.07) is 2.85. The topological polar surface area (TPSA) is 122 Å². The number of nitrogens with zero attached hydrogens (tertiary/aromatic N) is 3. The number of nitrogens with one attached hydrogen (secondary N) is 1.